The van der Waals surface area contributed by atoms with E-state index in [9.17, 15) is 4.79 Å². The van der Waals surface area contributed by atoms with Crippen molar-refractivity contribution >= 4 is 5.97 Å². The maximum Gasteiger partial charge on any atom is 0.341 e. The molecule has 0 bridgehead atoms. The number of hydrogen-bond acceptors (Lipinski definition) is 5. The summed E-state index contributed by atoms with van der Waals surface area (Å²) in [6.45, 7) is 1.92. The Balaban J connectivity index is 1.64. The van der Waals surface area contributed by atoms with Gasteiger partial charge in [0, 0.05) is 38.4 Å². The first-order valence-corrected chi connectivity index (χ1v) is 7.72. The van der Waals surface area contributed by atoms with E-state index >= 15 is 0 Å². The van der Waals surface area contributed by atoms with Crippen molar-refractivity contribution in [3.05, 3.63) is 47.8 Å². The van der Waals surface area contributed by atoms with Crippen molar-refractivity contribution in [2.24, 2.45) is 0 Å². The van der Waals surface area contributed by atoms with Crippen LogP contribution in [0.15, 0.2) is 36.7 Å². The van der Waals surface area contributed by atoms with E-state index < -0.39 is 0 Å². The summed E-state index contributed by atoms with van der Waals surface area (Å²) >= 11 is 0. The fourth-order valence-corrected chi connectivity index (χ4v) is 2.59. The summed E-state index contributed by atoms with van der Waals surface area (Å²) in [4.78, 5) is 12.3. The number of ether oxygens (including phenoxy) is 3. The summed E-state index contributed by atoms with van der Waals surface area (Å²) in [5.74, 6) is 0.427. The van der Waals surface area contributed by atoms with Crippen molar-refractivity contribution in [1.29, 1.82) is 0 Å². The molecule has 2 heterocycles. The minimum absolute atomic E-state index is 0.274. The van der Waals surface area contributed by atoms with Gasteiger partial charge >= 0.3 is 5.97 Å². The number of hydrogen-bond donors (Lipinski definition) is 0. The number of methoxy groups -OCH3 is 1. The van der Waals surface area contributed by atoms with Gasteiger partial charge in [0.1, 0.15) is 11.9 Å². The Kier molecular flexibility index (Phi) is 4.92. The lowest BCUT2D eigenvalue weighted by molar-refractivity contribution is 0.0193. The highest BCUT2D eigenvalue weighted by molar-refractivity contribution is 5.89. The lowest BCUT2D eigenvalue weighted by Gasteiger charge is -2.25. The molecule has 0 spiro atoms. The molecule has 1 aromatic heterocycles. The van der Waals surface area contributed by atoms with Crippen LogP contribution in [-0.4, -0.2) is 36.1 Å². The van der Waals surface area contributed by atoms with E-state index in [-0.39, 0.29) is 12.1 Å². The van der Waals surface area contributed by atoms with Gasteiger partial charge in [-0.2, -0.15) is 5.10 Å². The standard InChI is InChI=1S/C17H20N2O4/c1-21-9-4-8-19-12-13(11-18-19)17(20)23-16-7-10-22-15-6-3-2-5-14(15)16/h2-3,5-6,11-12,16H,4,7-10H2,1H3. The minimum atomic E-state index is -0.357. The molecule has 0 saturated carbocycles. The summed E-state index contributed by atoms with van der Waals surface area (Å²) in [5.41, 5.74) is 1.38. The van der Waals surface area contributed by atoms with Crippen molar-refractivity contribution in [2.45, 2.75) is 25.5 Å². The number of aryl methyl sites for hydroxylation is 1. The number of carbonyl (C=O) groups excluding carboxylic acids is 1. The Bertz CT molecular complexity index is 668. The molecule has 0 saturated heterocycles. The zero-order chi connectivity index (χ0) is 16.1. The summed E-state index contributed by atoms with van der Waals surface area (Å²) < 4.78 is 18.0. The molecule has 23 heavy (non-hydrogen) atoms. The number of fused-ring (bicyclic) bond motifs is 1. The molecule has 0 fully saturated rings. The van der Waals surface area contributed by atoms with E-state index in [0.717, 1.165) is 17.7 Å². The van der Waals surface area contributed by atoms with Crippen LogP contribution in [-0.2, 0) is 16.0 Å². The van der Waals surface area contributed by atoms with E-state index in [1.807, 2.05) is 24.3 Å². The average molecular weight is 316 g/mol. The minimum Gasteiger partial charge on any atom is -0.493 e. The van der Waals surface area contributed by atoms with Crippen LogP contribution in [0.3, 0.4) is 0 Å². The Labute approximate surface area is 135 Å². The monoisotopic (exact) mass is 316 g/mol. The smallest absolute Gasteiger partial charge is 0.341 e. The molecule has 1 aromatic carbocycles. The molecule has 6 nitrogen and oxygen atoms in total. The molecular formula is C17H20N2O4. The number of nitrogens with zero attached hydrogens (tertiary/aromatic N) is 2. The zero-order valence-corrected chi connectivity index (χ0v) is 13.1. The molecule has 1 aliphatic rings. The van der Waals surface area contributed by atoms with Gasteiger partial charge in [0.15, 0.2) is 0 Å². The number of esters is 1. The number of benzene rings is 1. The Morgan fingerprint density at radius 3 is 3.17 bits per heavy atom. The number of aromatic nitrogens is 2. The van der Waals surface area contributed by atoms with Crippen LogP contribution < -0.4 is 4.74 Å². The second-order valence-electron chi connectivity index (χ2n) is 5.41. The third kappa shape index (κ3) is 3.71. The zero-order valence-electron chi connectivity index (χ0n) is 13.1. The van der Waals surface area contributed by atoms with Gasteiger partial charge in [-0.05, 0) is 12.5 Å². The molecule has 0 amide bonds. The second-order valence-corrected chi connectivity index (χ2v) is 5.41. The Morgan fingerprint density at radius 1 is 1.43 bits per heavy atom. The normalized spacial score (nSPS) is 16.5. The van der Waals surface area contributed by atoms with Crippen molar-refractivity contribution in [1.82, 2.24) is 9.78 Å². The van der Waals surface area contributed by atoms with Crippen LogP contribution in [0.25, 0.3) is 0 Å². The molecular weight excluding hydrogens is 296 g/mol. The summed E-state index contributed by atoms with van der Waals surface area (Å²) in [5, 5.41) is 4.18. The van der Waals surface area contributed by atoms with Gasteiger partial charge in [-0.1, -0.05) is 18.2 Å². The summed E-state index contributed by atoms with van der Waals surface area (Å²) in [7, 11) is 1.66. The van der Waals surface area contributed by atoms with E-state index in [1.54, 1.807) is 24.2 Å². The second kappa shape index (κ2) is 7.28. The van der Waals surface area contributed by atoms with Gasteiger partial charge in [0.25, 0.3) is 0 Å². The predicted molar refractivity (Wildman–Crippen MR) is 83.4 cm³/mol. The first-order valence-electron chi connectivity index (χ1n) is 7.72. The van der Waals surface area contributed by atoms with Crippen molar-refractivity contribution in [3.63, 3.8) is 0 Å². The SMILES string of the molecule is COCCCn1cc(C(=O)OC2CCOc3ccccc32)cn1. The van der Waals surface area contributed by atoms with E-state index in [1.165, 1.54) is 0 Å². The quantitative estimate of drug-likeness (QED) is 0.605. The molecule has 122 valence electrons. The molecule has 1 aliphatic heterocycles. The Hall–Kier alpha value is -2.34. The van der Waals surface area contributed by atoms with Gasteiger partial charge in [0.05, 0.1) is 18.4 Å². The summed E-state index contributed by atoms with van der Waals surface area (Å²) in [6, 6.07) is 7.65. The van der Waals surface area contributed by atoms with E-state index in [4.69, 9.17) is 14.2 Å². The Morgan fingerprint density at radius 2 is 2.30 bits per heavy atom. The van der Waals surface area contributed by atoms with Gasteiger partial charge in [0.2, 0.25) is 0 Å². The van der Waals surface area contributed by atoms with Crippen LogP contribution >= 0.6 is 0 Å². The van der Waals surface area contributed by atoms with E-state index in [0.29, 0.717) is 31.7 Å². The molecule has 2 aromatic rings. The topological polar surface area (TPSA) is 62.6 Å². The van der Waals surface area contributed by atoms with Crippen LogP contribution in [0.4, 0.5) is 0 Å². The van der Waals surface area contributed by atoms with Gasteiger partial charge in [-0.3, -0.25) is 4.68 Å². The average Bonchev–Trinajstić information content (AvgIpc) is 3.04. The molecule has 0 N–H and O–H groups in total. The maximum atomic E-state index is 12.3. The lowest BCUT2D eigenvalue weighted by Crippen LogP contribution is -2.19. The van der Waals surface area contributed by atoms with Crippen LogP contribution in [0.2, 0.25) is 0 Å². The molecule has 0 radical (unpaired) electrons. The molecule has 1 unspecified atom stereocenters. The molecule has 1 atom stereocenters. The molecule has 3 rings (SSSR count). The third-order valence-electron chi connectivity index (χ3n) is 3.76. The van der Waals surface area contributed by atoms with Gasteiger partial charge in [-0.15, -0.1) is 0 Å². The van der Waals surface area contributed by atoms with Crippen LogP contribution in [0.1, 0.15) is 34.9 Å². The first-order chi connectivity index (χ1) is 11.3. The largest absolute Gasteiger partial charge is 0.493 e. The summed E-state index contributed by atoms with van der Waals surface area (Å²) in [6.07, 6.45) is 4.48. The van der Waals surface area contributed by atoms with E-state index in [2.05, 4.69) is 5.10 Å². The van der Waals surface area contributed by atoms with Gasteiger partial charge < -0.3 is 14.2 Å². The highest BCUT2D eigenvalue weighted by Crippen LogP contribution is 2.34. The highest BCUT2D eigenvalue weighted by Gasteiger charge is 2.25. The number of rotatable bonds is 6. The first kappa shape index (κ1) is 15.6. The predicted octanol–water partition coefficient (Wildman–Crippen LogP) is 2.60. The van der Waals surface area contributed by atoms with Crippen molar-refractivity contribution in [2.75, 3.05) is 20.3 Å². The maximum absolute atomic E-state index is 12.3. The van der Waals surface area contributed by atoms with Crippen molar-refractivity contribution < 1.29 is 19.0 Å². The third-order valence-corrected chi connectivity index (χ3v) is 3.76. The van der Waals surface area contributed by atoms with Gasteiger partial charge in [-0.25, -0.2) is 4.79 Å². The fraction of sp³-hybridized carbons (Fsp3) is 0.412. The lowest BCUT2D eigenvalue weighted by atomic mass is 10.0. The van der Waals surface area contributed by atoms with Crippen LogP contribution in [0.5, 0.6) is 5.75 Å². The molecule has 6 heteroatoms. The highest BCUT2D eigenvalue weighted by atomic mass is 16.6. The molecule has 0 aliphatic carbocycles. The number of para-hydroxylation sites is 1. The van der Waals surface area contributed by atoms with Crippen LogP contribution in [0, 0.1) is 0 Å². The number of carbonyl (C=O) groups is 1. The fourth-order valence-electron chi connectivity index (χ4n) is 2.59. The van der Waals surface area contributed by atoms with Crippen molar-refractivity contribution in [3.8, 4) is 5.75 Å².